The van der Waals surface area contributed by atoms with E-state index in [1.54, 1.807) is 6.07 Å². The van der Waals surface area contributed by atoms with E-state index < -0.39 is 23.5 Å². The van der Waals surface area contributed by atoms with Crippen LogP contribution in [0.2, 0.25) is 0 Å². The molecule has 0 aliphatic heterocycles. The summed E-state index contributed by atoms with van der Waals surface area (Å²) in [7, 11) is 3.97. The number of nitrogens with zero attached hydrogens (tertiary/aromatic N) is 4. The number of carbonyl (C=O) groups is 1. The number of ether oxygens (including phenoxy) is 4. The van der Waals surface area contributed by atoms with E-state index in [0.717, 1.165) is 4.68 Å². The number of nitrogens with two attached hydrogens (primary N) is 1. The molecule has 40 heavy (non-hydrogen) atoms. The van der Waals surface area contributed by atoms with Crippen LogP contribution >= 0.6 is 0 Å². The Morgan fingerprint density at radius 3 is 2.40 bits per heavy atom. The normalized spacial score (nSPS) is 11.4. The lowest BCUT2D eigenvalue weighted by Gasteiger charge is -2.22. The molecule has 0 radical (unpaired) electrons. The van der Waals surface area contributed by atoms with Gasteiger partial charge < -0.3 is 30.0 Å². The second kappa shape index (κ2) is 11.5. The summed E-state index contributed by atoms with van der Waals surface area (Å²) in [6.07, 6.45) is 2.87. The highest BCUT2D eigenvalue weighted by Gasteiger charge is 2.30. The molecule has 0 spiro atoms. The molecule has 0 amide bonds. The quantitative estimate of drug-likeness (QED) is 0.0972. The fourth-order valence-corrected chi connectivity index (χ4v) is 3.89. The Kier molecular flexibility index (Phi) is 7.93. The fraction of sp³-hybridized carbons (Fsp3) is 0.200. The molecule has 0 fully saturated rings. The highest BCUT2D eigenvalue weighted by atomic mass is 19.1. The van der Waals surface area contributed by atoms with Gasteiger partial charge in [-0.15, -0.1) is 9.78 Å². The summed E-state index contributed by atoms with van der Waals surface area (Å²) in [4.78, 5) is 35.2. The smallest absolute Gasteiger partial charge is 0.350 e. The van der Waals surface area contributed by atoms with Gasteiger partial charge in [0.15, 0.2) is 17.4 Å². The van der Waals surface area contributed by atoms with E-state index in [-0.39, 0.29) is 51.7 Å². The number of hydrogen-bond donors (Lipinski definition) is 4. The lowest BCUT2D eigenvalue weighted by atomic mass is 10.0. The Bertz CT molecular complexity index is 1620. The van der Waals surface area contributed by atoms with Crippen LogP contribution in [0.3, 0.4) is 0 Å². The standard InChI is InChI=1S/C25H25FN8O6/c1-12(35)40-16-10-13(6-7-14(16)22(27)28)31-19(15-11-17(37-2)20(38-3)21(39-4)18(15)26)23-32-25(36)34(33-23)24-29-8-5-9-30-24/h5-11,19,31H,1-4H3,(H3,27,28)(H,32,33,36)/t19-/m0/s1. The third-order valence-electron chi connectivity index (χ3n) is 5.60. The second-order valence-electron chi connectivity index (χ2n) is 8.12. The van der Waals surface area contributed by atoms with E-state index in [1.165, 1.54) is 64.9 Å². The van der Waals surface area contributed by atoms with Crippen LogP contribution in [-0.2, 0) is 4.79 Å². The largest absolute Gasteiger partial charge is 0.493 e. The average Bonchev–Trinajstić information content (AvgIpc) is 3.32. The van der Waals surface area contributed by atoms with Crippen molar-refractivity contribution in [1.29, 1.82) is 5.41 Å². The molecule has 2 heterocycles. The predicted molar refractivity (Wildman–Crippen MR) is 140 cm³/mol. The van der Waals surface area contributed by atoms with E-state index in [1.807, 2.05) is 0 Å². The number of anilines is 1. The van der Waals surface area contributed by atoms with E-state index in [4.69, 9.17) is 30.1 Å². The minimum absolute atomic E-state index is 0.00850. The Labute approximate surface area is 226 Å². The first-order valence-electron chi connectivity index (χ1n) is 11.6. The van der Waals surface area contributed by atoms with E-state index in [2.05, 4.69) is 25.4 Å². The molecule has 0 aliphatic carbocycles. The molecule has 5 N–H and O–H groups in total. The van der Waals surface area contributed by atoms with Crippen molar-refractivity contribution in [3.8, 4) is 28.9 Å². The topological polar surface area (TPSA) is 192 Å². The monoisotopic (exact) mass is 552 g/mol. The van der Waals surface area contributed by atoms with Gasteiger partial charge in [-0.25, -0.2) is 19.2 Å². The van der Waals surface area contributed by atoms with Crippen LogP contribution in [0.25, 0.3) is 5.95 Å². The lowest BCUT2D eigenvalue weighted by Crippen LogP contribution is -2.19. The van der Waals surface area contributed by atoms with Crippen molar-refractivity contribution < 1.29 is 28.1 Å². The molecular formula is C25H25FN8O6. The predicted octanol–water partition coefficient (Wildman–Crippen LogP) is 1.93. The summed E-state index contributed by atoms with van der Waals surface area (Å²) in [5, 5.41) is 15.2. The molecule has 0 saturated heterocycles. The number of methoxy groups -OCH3 is 3. The Balaban J connectivity index is 1.92. The third kappa shape index (κ3) is 5.38. The number of amidine groups is 1. The number of nitrogen functional groups attached to an aromatic ring is 1. The first-order chi connectivity index (χ1) is 19.2. The number of hydrogen-bond acceptors (Lipinski definition) is 11. The summed E-state index contributed by atoms with van der Waals surface area (Å²) in [5.74, 6) is -1.94. The Morgan fingerprint density at radius 1 is 1.10 bits per heavy atom. The SMILES string of the molecule is COc1cc([C@H](Nc2ccc(C(=N)N)c(OC(C)=O)c2)c2nn(-c3ncccn3)c(=O)[nH]2)c(F)c(OC)c1OC. The van der Waals surface area contributed by atoms with Gasteiger partial charge in [-0.2, -0.15) is 0 Å². The highest BCUT2D eigenvalue weighted by Crippen LogP contribution is 2.44. The summed E-state index contributed by atoms with van der Waals surface area (Å²) in [5.41, 5.74) is 5.35. The number of benzene rings is 2. The molecule has 0 aliphatic rings. The fourth-order valence-electron chi connectivity index (χ4n) is 3.89. The van der Waals surface area contributed by atoms with Gasteiger partial charge in [0.25, 0.3) is 5.95 Å². The van der Waals surface area contributed by atoms with Gasteiger partial charge in [-0.05, 0) is 24.3 Å². The minimum atomic E-state index is -1.18. The van der Waals surface area contributed by atoms with E-state index >= 15 is 4.39 Å². The molecule has 15 heteroatoms. The van der Waals surface area contributed by atoms with Crippen LogP contribution in [-0.4, -0.2) is 57.9 Å². The molecule has 0 bridgehead atoms. The number of carbonyl (C=O) groups excluding carboxylic acids is 1. The van der Waals surface area contributed by atoms with Gasteiger partial charge in [-0.3, -0.25) is 15.2 Å². The molecular weight excluding hydrogens is 527 g/mol. The van der Waals surface area contributed by atoms with Crippen LogP contribution < -0.4 is 35.7 Å². The second-order valence-corrected chi connectivity index (χ2v) is 8.12. The maximum absolute atomic E-state index is 16.0. The number of H-pyrrole nitrogens is 1. The summed E-state index contributed by atoms with van der Waals surface area (Å²) in [6, 6.07) is 6.13. The number of esters is 1. The maximum Gasteiger partial charge on any atom is 0.350 e. The van der Waals surface area contributed by atoms with Crippen molar-refractivity contribution >= 4 is 17.5 Å². The van der Waals surface area contributed by atoms with Crippen LogP contribution in [0, 0.1) is 11.2 Å². The van der Waals surface area contributed by atoms with Crippen molar-refractivity contribution in [2.75, 3.05) is 26.6 Å². The number of nitrogens with one attached hydrogen (secondary N) is 3. The number of aromatic nitrogens is 5. The maximum atomic E-state index is 16.0. The molecule has 0 unspecified atom stereocenters. The first kappa shape index (κ1) is 27.6. The van der Waals surface area contributed by atoms with Gasteiger partial charge in [0.05, 0.1) is 26.9 Å². The Morgan fingerprint density at radius 2 is 1.80 bits per heavy atom. The van der Waals surface area contributed by atoms with Gasteiger partial charge in [0, 0.05) is 36.6 Å². The van der Waals surface area contributed by atoms with Crippen LogP contribution in [0.4, 0.5) is 10.1 Å². The van der Waals surface area contributed by atoms with Crippen LogP contribution in [0.1, 0.15) is 29.9 Å². The molecule has 4 aromatic rings. The molecule has 2 aromatic carbocycles. The number of aromatic amines is 1. The number of rotatable bonds is 10. The van der Waals surface area contributed by atoms with Crippen molar-refractivity contribution in [3.63, 3.8) is 0 Å². The van der Waals surface area contributed by atoms with E-state index in [9.17, 15) is 9.59 Å². The molecule has 4 rings (SSSR count). The zero-order valence-electron chi connectivity index (χ0n) is 21.8. The molecule has 1 atom stereocenters. The lowest BCUT2D eigenvalue weighted by molar-refractivity contribution is -0.131. The van der Waals surface area contributed by atoms with Gasteiger partial charge in [-0.1, -0.05) is 0 Å². The molecule has 208 valence electrons. The molecule has 2 aromatic heterocycles. The van der Waals surface area contributed by atoms with Crippen LogP contribution in [0.15, 0.2) is 47.5 Å². The minimum Gasteiger partial charge on any atom is -0.493 e. The van der Waals surface area contributed by atoms with Gasteiger partial charge in [0.2, 0.25) is 11.5 Å². The van der Waals surface area contributed by atoms with Gasteiger partial charge >= 0.3 is 11.7 Å². The van der Waals surface area contributed by atoms with Crippen LogP contribution in [0.5, 0.6) is 23.0 Å². The van der Waals surface area contributed by atoms with Gasteiger partial charge in [0.1, 0.15) is 17.6 Å². The van der Waals surface area contributed by atoms with Crippen molar-refractivity contribution in [1.82, 2.24) is 24.7 Å². The summed E-state index contributed by atoms with van der Waals surface area (Å²) in [6.45, 7) is 1.20. The molecule has 0 saturated carbocycles. The summed E-state index contributed by atoms with van der Waals surface area (Å²) < 4.78 is 38.1. The highest BCUT2D eigenvalue weighted by molar-refractivity contribution is 5.98. The number of halogens is 1. The first-order valence-corrected chi connectivity index (χ1v) is 11.6. The molecule has 14 nitrogen and oxygen atoms in total. The summed E-state index contributed by atoms with van der Waals surface area (Å²) >= 11 is 0. The Hall–Kier alpha value is -5.47. The zero-order valence-corrected chi connectivity index (χ0v) is 21.8. The van der Waals surface area contributed by atoms with Crippen molar-refractivity contribution in [3.05, 3.63) is 76.0 Å². The van der Waals surface area contributed by atoms with Crippen molar-refractivity contribution in [2.24, 2.45) is 5.73 Å². The third-order valence-corrected chi connectivity index (χ3v) is 5.60. The zero-order chi connectivity index (χ0) is 29.0. The van der Waals surface area contributed by atoms with Crippen molar-refractivity contribution in [2.45, 2.75) is 13.0 Å². The van der Waals surface area contributed by atoms with E-state index in [0.29, 0.717) is 5.69 Å². The average molecular weight is 553 g/mol.